The number of carbonyl (C=O) groups is 1. The molecule has 0 aliphatic carbocycles. The molecule has 0 fully saturated rings. The van der Waals surface area contributed by atoms with E-state index in [1.165, 1.54) is 19.1 Å². The number of benzene rings is 1. The summed E-state index contributed by atoms with van der Waals surface area (Å²) in [7, 11) is 1.13. The van der Waals surface area contributed by atoms with Crippen LogP contribution < -0.4 is 5.46 Å². The van der Waals surface area contributed by atoms with Crippen LogP contribution in [-0.2, 0) is 4.74 Å². The summed E-state index contributed by atoms with van der Waals surface area (Å²) in [5, 5.41) is 0. The van der Waals surface area contributed by atoms with Gasteiger partial charge >= 0.3 is 12.9 Å². The highest BCUT2D eigenvalue weighted by atomic mass is 19.4. The Morgan fingerprint density at radius 1 is 1.33 bits per heavy atom. The van der Waals surface area contributed by atoms with E-state index < -0.39 is 18.4 Å². The third-order valence-corrected chi connectivity index (χ3v) is 2.05. The minimum absolute atomic E-state index is 0.0858. The van der Waals surface area contributed by atoms with Gasteiger partial charge < -0.3 is 17.7 Å². The van der Waals surface area contributed by atoms with Gasteiger partial charge in [-0.15, -0.1) is 5.46 Å². The van der Waals surface area contributed by atoms with Crippen LogP contribution in [0.1, 0.15) is 15.9 Å². The Hall–Kier alpha value is -1.46. The van der Waals surface area contributed by atoms with Crippen molar-refractivity contribution in [3.8, 4) is 0 Å². The number of esters is 1. The van der Waals surface area contributed by atoms with Gasteiger partial charge in [0.2, 0.25) is 0 Å². The predicted octanol–water partition coefficient (Wildman–Crippen LogP) is 1.84. The molecule has 82 valence electrons. The van der Waals surface area contributed by atoms with Crippen molar-refractivity contribution < 1.29 is 22.5 Å². The van der Waals surface area contributed by atoms with E-state index in [1.807, 2.05) is 0 Å². The monoisotopic (exact) mass is 217 g/mol. The fourth-order valence-electron chi connectivity index (χ4n) is 1.24. The molecule has 0 atom stereocenters. The largest absolute Gasteiger partial charge is 0.509 e. The molecule has 1 aromatic rings. The summed E-state index contributed by atoms with van der Waals surface area (Å²) in [5.74, 6) is -0.767. The van der Waals surface area contributed by atoms with Crippen LogP contribution in [0.3, 0.4) is 0 Å². The van der Waals surface area contributed by atoms with Gasteiger partial charge in [0, 0.05) is 0 Å². The first-order chi connectivity index (χ1) is 6.86. The second-order valence-electron chi connectivity index (χ2n) is 3.14. The van der Waals surface area contributed by atoms with E-state index in [4.69, 9.17) is 0 Å². The van der Waals surface area contributed by atoms with Crippen LogP contribution in [0, 0.1) is 6.92 Å². The van der Waals surface area contributed by atoms with E-state index in [9.17, 15) is 17.7 Å². The number of carbonyl (C=O) groups excluding carboxylic acids is 1. The maximum Gasteiger partial charge on any atom is 0.509 e. The number of rotatable bonds is 2. The van der Waals surface area contributed by atoms with Crippen LogP contribution in [0.25, 0.3) is 0 Å². The molecule has 0 aromatic heterocycles. The van der Waals surface area contributed by atoms with E-state index in [0.29, 0.717) is 0 Å². The van der Waals surface area contributed by atoms with Crippen LogP contribution in [0.4, 0.5) is 12.9 Å². The lowest BCUT2D eigenvalue weighted by atomic mass is 9.76. The highest BCUT2D eigenvalue weighted by molar-refractivity contribution is 6.74. The molecule has 0 heterocycles. The molecule has 2 nitrogen and oxygen atoms in total. The van der Waals surface area contributed by atoms with E-state index in [0.717, 1.165) is 13.2 Å². The molecule has 15 heavy (non-hydrogen) atoms. The highest BCUT2D eigenvalue weighted by Crippen LogP contribution is 2.13. The number of hydrogen-bond acceptors (Lipinski definition) is 2. The first kappa shape index (κ1) is 11.6. The lowest BCUT2D eigenvalue weighted by Gasteiger charge is -2.18. The number of methoxy groups -OCH3 is 1. The Balaban J connectivity index is 3.23. The number of ether oxygens (including phenoxy) is 1. The molecule has 0 amide bonds. The topological polar surface area (TPSA) is 26.3 Å². The van der Waals surface area contributed by atoms with Crippen molar-refractivity contribution in [2.45, 2.75) is 6.92 Å². The minimum atomic E-state index is -5.09. The van der Waals surface area contributed by atoms with E-state index in [1.54, 1.807) is 0 Å². The summed E-state index contributed by atoms with van der Waals surface area (Å²) in [6.07, 6.45) is 0. The van der Waals surface area contributed by atoms with Crippen molar-refractivity contribution >= 4 is 18.4 Å². The molecule has 6 heteroatoms. The minimum Gasteiger partial charge on any atom is -0.465 e. The van der Waals surface area contributed by atoms with Crippen LogP contribution >= 0.6 is 0 Å². The second-order valence-corrected chi connectivity index (χ2v) is 3.14. The van der Waals surface area contributed by atoms with Gasteiger partial charge in [0.1, 0.15) is 0 Å². The van der Waals surface area contributed by atoms with Gasteiger partial charge in [-0.25, -0.2) is 4.79 Å². The predicted molar refractivity (Wildman–Crippen MR) is 51.2 cm³/mol. The first-order valence-electron chi connectivity index (χ1n) is 4.25. The van der Waals surface area contributed by atoms with Crippen molar-refractivity contribution in [3.63, 3.8) is 0 Å². The zero-order valence-electron chi connectivity index (χ0n) is 8.26. The Kier molecular flexibility index (Phi) is 3.07. The fourth-order valence-corrected chi connectivity index (χ4v) is 1.24. The average Bonchev–Trinajstić information content (AvgIpc) is 2.15. The number of halogens is 3. The van der Waals surface area contributed by atoms with E-state index >= 15 is 0 Å². The normalized spacial score (nSPS) is 11.3. The molecule has 1 aromatic carbocycles. The smallest absolute Gasteiger partial charge is 0.465 e. The summed E-state index contributed by atoms with van der Waals surface area (Å²) in [6.45, 7) is -3.74. The summed E-state index contributed by atoms with van der Waals surface area (Å²) in [5.41, 5.74) is -0.731. The summed E-state index contributed by atoms with van der Waals surface area (Å²) in [6, 6.07) is 3.39. The zero-order valence-corrected chi connectivity index (χ0v) is 8.26. The van der Waals surface area contributed by atoms with Gasteiger partial charge in [0.25, 0.3) is 0 Å². The van der Waals surface area contributed by atoms with Gasteiger partial charge in [-0.1, -0.05) is 17.7 Å². The van der Waals surface area contributed by atoms with Crippen LogP contribution in [0.15, 0.2) is 18.2 Å². The molecule has 0 unspecified atom stereocenters. The maximum absolute atomic E-state index is 12.5. The molecular formula is C9H9BF3O2-. The number of hydrogen-bond donors (Lipinski definition) is 0. The lowest BCUT2D eigenvalue weighted by molar-refractivity contribution is 0.0601. The van der Waals surface area contributed by atoms with Crippen molar-refractivity contribution in [2.75, 3.05) is 7.11 Å². The highest BCUT2D eigenvalue weighted by Gasteiger charge is 2.28. The van der Waals surface area contributed by atoms with Gasteiger partial charge in [0.15, 0.2) is 0 Å². The van der Waals surface area contributed by atoms with Crippen molar-refractivity contribution in [3.05, 3.63) is 29.3 Å². The molecule has 0 aliphatic heterocycles. The lowest BCUT2D eigenvalue weighted by Crippen LogP contribution is -2.36. The Labute approximate surface area is 85.1 Å². The maximum atomic E-state index is 12.5. The quantitative estimate of drug-likeness (QED) is 0.557. The second kappa shape index (κ2) is 3.96. The van der Waals surface area contributed by atoms with E-state index in [2.05, 4.69) is 4.74 Å². The van der Waals surface area contributed by atoms with Crippen LogP contribution in [-0.4, -0.2) is 20.1 Å². The molecule has 0 bridgehead atoms. The summed E-state index contributed by atoms with van der Waals surface area (Å²) < 4.78 is 41.9. The van der Waals surface area contributed by atoms with E-state index in [-0.39, 0.29) is 11.1 Å². The Morgan fingerprint density at radius 3 is 2.40 bits per heavy atom. The third-order valence-electron chi connectivity index (χ3n) is 2.05. The van der Waals surface area contributed by atoms with Crippen molar-refractivity contribution in [1.82, 2.24) is 0 Å². The molecular weight excluding hydrogens is 208 g/mol. The van der Waals surface area contributed by atoms with Gasteiger partial charge in [0.05, 0.1) is 12.7 Å². The molecule has 1 rings (SSSR count). The Bertz CT molecular complexity index is 387. The van der Waals surface area contributed by atoms with Crippen molar-refractivity contribution in [1.29, 1.82) is 0 Å². The summed E-state index contributed by atoms with van der Waals surface area (Å²) in [4.78, 5) is 11.0. The SMILES string of the molecule is COC(=O)c1ccc(C)c([B-](F)(F)F)c1. The first-order valence-corrected chi connectivity index (χ1v) is 4.25. The molecule has 0 saturated carbocycles. The molecule has 0 aliphatic rings. The third kappa shape index (κ3) is 2.52. The number of aryl methyl sites for hydroxylation is 1. The van der Waals surface area contributed by atoms with Gasteiger partial charge in [-0.05, 0) is 13.0 Å². The van der Waals surface area contributed by atoms with Gasteiger partial charge in [-0.2, -0.15) is 0 Å². The average molecular weight is 217 g/mol. The molecule has 0 radical (unpaired) electrons. The standard InChI is InChI=1S/C9H9BF3O2/c1-6-3-4-7(9(14)15-2)5-8(6)10(11,12)13/h3-5H,1-2H3/q-1. The van der Waals surface area contributed by atoms with Crippen LogP contribution in [0.5, 0.6) is 0 Å². The summed E-state index contributed by atoms with van der Waals surface area (Å²) >= 11 is 0. The van der Waals surface area contributed by atoms with Crippen molar-refractivity contribution in [2.24, 2.45) is 0 Å². The van der Waals surface area contributed by atoms with Gasteiger partial charge in [-0.3, -0.25) is 0 Å². The fraction of sp³-hybridized carbons (Fsp3) is 0.222. The molecule has 0 saturated heterocycles. The Morgan fingerprint density at radius 2 is 1.93 bits per heavy atom. The van der Waals surface area contributed by atoms with Crippen LogP contribution in [0.2, 0.25) is 0 Å². The zero-order chi connectivity index (χ0) is 11.6. The molecule has 0 N–H and O–H groups in total. The molecule has 0 spiro atoms.